The average molecular weight is 406 g/mol. The molecule has 6 nitrogen and oxygen atoms in total. The van der Waals surface area contributed by atoms with Crippen molar-refractivity contribution in [2.45, 2.75) is 44.0 Å². The number of carbonyl (C=O) groups is 1. The maximum absolute atomic E-state index is 13.1. The minimum atomic E-state index is -3.23. The van der Waals surface area contributed by atoms with Gasteiger partial charge in [0.25, 0.3) is 5.79 Å². The second-order valence-electron chi connectivity index (χ2n) is 7.13. The molecule has 1 aromatic carbocycles. The molecular weight excluding hydrogens is 379 g/mol. The number of carboxylic acid groups (broad SMARTS) is 1. The van der Waals surface area contributed by atoms with Gasteiger partial charge in [0.2, 0.25) is 0 Å². The Bertz CT molecular complexity index is 766. The van der Waals surface area contributed by atoms with Gasteiger partial charge < -0.3 is 25.2 Å². The Morgan fingerprint density at radius 3 is 2.90 bits per heavy atom. The number of allylic oxidation sites excluding steroid dienone is 1. The van der Waals surface area contributed by atoms with E-state index in [-0.39, 0.29) is 5.82 Å². The molecule has 0 bridgehead atoms. The summed E-state index contributed by atoms with van der Waals surface area (Å²) in [6, 6.07) is 6.03. The van der Waals surface area contributed by atoms with Gasteiger partial charge in [0.15, 0.2) is 0 Å². The van der Waals surface area contributed by atoms with Crippen molar-refractivity contribution in [2.75, 3.05) is 6.61 Å². The summed E-state index contributed by atoms with van der Waals surface area (Å²) in [6.45, 7) is 0.464. The van der Waals surface area contributed by atoms with E-state index in [1.54, 1.807) is 18.2 Å². The predicted octanol–water partition coefficient (Wildman–Crippen LogP) is 2.79. The fraction of sp³-hybridized carbons (Fsp3) is 0.455. The van der Waals surface area contributed by atoms with Gasteiger partial charge in [0.1, 0.15) is 17.7 Å². The zero-order valence-corrected chi connectivity index (χ0v) is 16.1. The molecule has 29 heavy (non-hydrogen) atoms. The molecule has 0 spiro atoms. The van der Waals surface area contributed by atoms with Crippen LogP contribution in [0.2, 0.25) is 0 Å². The molecule has 4 N–H and O–H groups in total. The third-order valence-electron chi connectivity index (χ3n) is 4.97. The smallest absolute Gasteiger partial charge is 0.367 e. The van der Waals surface area contributed by atoms with E-state index in [1.165, 1.54) is 12.1 Å². The van der Waals surface area contributed by atoms with Crippen molar-refractivity contribution in [1.29, 1.82) is 0 Å². The highest BCUT2D eigenvalue weighted by Gasteiger charge is 2.40. The molecule has 1 saturated carbocycles. The number of halogens is 1. The van der Waals surface area contributed by atoms with Crippen LogP contribution in [0.15, 0.2) is 54.3 Å². The molecule has 0 radical (unpaired) electrons. The van der Waals surface area contributed by atoms with Crippen LogP contribution in [-0.4, -0.2) is 44.9 Å². The van der Waals surface area contributed by atoms with E-state index in [0.717, 1.165) is 25.3 Å². The molecule has 0 saturated heterocycles. The van der Waals surface area contributed by atoms with Crippen molar-refractivity contribution >= 4 is 5.97 Å². The maximum atomic E-state index is 13.1. The minimum Gasteiger partial charge on any atom is -0.493 e. The first-order valence-electron chi connectivity index (χ1n) is 9.63. The molecule has 1 aliphatic carbocycles. The highest BCUT2D eigenvalue weighted by atomic mass is 19.1. The van der Waals surface area contributed by atoms with Gasteiger partial charge >= 0.3 is 5.97 Å². The van der Waals surface area contributed by atoms with Crippen LogP contribution in [0.3, 0.4) is 0 Å². The minimum absolute atomic E-state index is 0.326. The van der Waals surface area contributed by atoms with Crippen LogP contribution in [0.25, 0.3) is 0 Å². The lowest BCUT2D eigenvalue weighted by Crippen LogP contribution is -2.48. The summed E-state index contributed by atoms with van der Waals surface area (Å²) in [5.41, 5.74) is 2.63. The van der Waals surface area contributed by atoms with E-state index in [0.29, 0.717) is 37.0 Å². The molecule has 0 amide bonds. The summed E-state index contributed by atoms with van der Waals surface area (Å²) in [6.07, 6.45) is 9.49. The molecule has 0 aliphatic heterocycles. The normalized spacial score (nSPS) is 20.3. The molecule has 0 aromatic heterocycles. The number of ether oxygens (including phenoxy) is 1. The monoisotopic (exact) mass is 406 g/mol. The Balaban J connectivity index is 1.77. The highest BCUT2D eigenvalue weighted by Crippen LogP contribution is 2.35. The number of aliphatic hydroxyl groups is 3. The first kappa shape index (κ1) is 22.8. The Labute approximate surface area is 169 Å². The van der Waals surface area contributed by atoms with Crippen molar-refractivity contribution in [3.8, 4) is 5.75 Å². The first-order valence-corrected chi connectivity index (χ1v) is 9.63. The van der Waals surface area contributed by atoms with Crippen molar-refractivity contribution in [2.24, 2.45) is 11.8 Å². The second-order valence-corrected chi connectivity index (χ2v) is 7.13. The number of aliphatic carboxylic acids is 1. The lowest BCUT2D eigenvalue weighted by atomic mass is 9.92. The summed E-state index contributed by atoms with van der Waals surface area (Å²) in [5, 5.41) is 36.6. The van der Waals surface area contributed by atoms with E-state index in [2.05, 4.69) is 17.9 Å². The van der Waals surface area contributed by atoms with Crippen molar-refractivity contribution in [3.63, 3.8) is 0 Å². The quantitative estimate of drug-likeness (QED) is 0.206. The predicted molar refractivity (Wildman–Crippen MR) is 105 cm³/mol. The van der Waals surface area contributed by atoms with E-state index >= 15 is 0 Å². The number of aliphatic hydroxyl groups excluding tert-OH is 1. The van der Waals surface area contributed by atoms with Gasteiger partial charge in [0.05, 0.1) is 6.61 Å². The van der Waals surface area contributed by atoms with Crippen molar-refractivity contribution in [1.82, 2.24) is 0 Å². The number of benzene rings is 1. The summed E-state index contributed by atoms with van der Waals surface area (Å²) < 4.78 is 18.6. The van der Waals surface area contributed by atoms with Crippen molar-refractivity contribution in [3.05, 3.63) is 60.1 Å². The van der Waals surface area contributed by atoms with Gasteiger partial charge in [-0.05, 0) is 61.8 Å². The van der Waals surface area contributed by atoms with Crippen LogP contribution in [0, 0.1) is 17.7 Å². The average Bonchev–Trinajstić information content (AvgIpc) is 3.12. The molecule has 1 fully saturated rings. The molecular formula is C22H27FO6. The Morgan fingerprint density at radius 1 is 1.38 bits per heavy atom. The molecule has 0 heterocycles. The van der Waals surface area contributed by atoms with Gasteiger partial charge in [-0.25, -0.2) is 9.18 Å². The first-order chi connectivity index (χ1) is 13.8. The fourth-order valence-electron chi connectivity index (χ4n) is 3.31. The Kier molecular flexibility index (Phi) is 8.61. The lowest BCUT2D eigenvalue weighted by Gasteiger charge is -2.19. The molecule has 1 aliphatic rings. The molecule has 3 atom stereocenters. The Hall–Kier alpha value is -2.44. The van der Waals surface area contributed by atoms with Gasteiger partial charge in [-0.3, -0.25) is 0 Å². The third kappa shape index (κ3) is 7.15. The zero-order valence-electron chi connectivity index (χ0n) is 16.1. The summed E-state index contributed by atoms with van der Waals surface area (Å²) >= 11 is 0. The van der Waals surface area contributed by atoms with Crippen LogP contribution in [0.5, 0.6) is 5.75 Å². The summed E-state index contributed by atoms with van der Waals surface area (Å²) in [5.74, 6) is -4.16. The number of hydrogen-bond donors (Lipinski definition) is 4. The van der Waals surface area contributed by atoms with E-state index in [9.17, 15) is 24.5 Å². The van der Waals surface area contributed by atoms with E-state index in [4.69, 9.17) is 9.84 Å². The standard InChI is InChI=1S/C22H27FO6/c23-18-11-6-12-19(15-18)29-14-4-3-8-17-10-5-9-16(17)7-1-2-13-20(24)22(27,28)21(25)26/h1,3,6,8,11-13,15-17,20,24,27-28H,4-5,7,9-10,14H2,(H,25,26)/t2?,16-,17-,20?/m0/s1. The summed E-state index contributed by atoms with van der Waals surface area (Å²) in [7, 11) is 0. The summed E-state index contributed by atoms with van der Waals surface area (Å²) in [4.78, 5) is 10.6. The van der Waals surface area contributed by atoms with Gasteiger partial charge in [-0.15, -0.1) is 5.73 Å². The fourth-order valence-corrected chi connectivity index (χ4v) is 3.31. The molecule has 1 unspecified atom stereocenters. The third-order valence-corrected chi connectivity index (χ3v) is 4.97. The SMILES string of the molecule is O=C(O)C(O)(O)C(O)C=C=CC[C@H]1CCC[C@@H]1C=CCCOc1cccc(F)c1. The van der Waals surface area contributed by atoms with Crippen LogP contribution >= 0.6 is 0 Å². The largest absolute Gasteiger partial charge is 0.493 e. The number of carboxylic acids is 1. The van der Waals surface area contributed by atoms with Crippen LogP contribution in [0.1, 0.15) is 32.1 Å². The molecule has 158 valence electrons. The van der Waals surface area contributed by atoms with Gasteiger partial charge in [-0.2, -0.15) is 0 Å². The van der Waals surface area contributed by atoms with Crippen LogP contribution in [-0.2, 0) is 4.79 Å². The molecule has 1 aromatic rings. The van der Waals surface area contributed by atoms with E-state index in [1.807, 2.05) is 0 Å². The van der Waals surface area contributed by atoms with E-state index < -0.39 is 17.9 Å². The molecule has 2 rings (SSSR count). The van der Waals surface area contributed by atoms with Crippen molar-refractivity contribution < 1.29 is 34.3 Å². The topological polar surface area (TPSA) is 107 Å². The Morgan fingerprint density at radius 2 is 2.17 bits per heavy atom. The number of rotatable bonds is 10. The second kappa shape index (κ2) is 10.9. The maximum Gasteiger partial charge on any atom is 0.367 e. The van der Waals surface area contributed by atoms with Gasteiger partial charge in [0, 0.05) is 6.07 Å². The molecule has 7 heteroatoms. The van der Waals surface area contributed by atoms with Crippen LogP contribution in [0.4, 0.5) is 4.39 Å². The lowest BCUT2D eigenvalue weighted by molar-refractivity contribution is -0.227. The zero-order chi connectivity index (χ0) is 21.3. The highest BCUT2D eigenvalue weighted by molar-refractivity contribution is 5.76. The van der Waals surface area contributed by atoms with Gasteiger partial charge in [-0.1, -0.05) is 24.6 Å². The van der Waals surface area contributed by atoms with Crippen LogP contribution < -0.4 is 4.74 Å². The number of hydrogen-bond acceptors (Lipinski definition) is 5.